The zero-order valence-electron chi connectivity index (χ0n) is 10.4. The number of terminal acetylenes is 1. The van der Waals surface area contributed by atoms with Crippen LogP contribution in [0.3, 0.4) is 0 Å². The first kappa shape index (κ1) is 14.3. The van der Waals surface area contributed by atoms with Crippen molar-refractivity contribution in [1.29, 1.82) is 0 Å². The molecule has 0 amide bonds. The SMILES string of the molecule is C#CCN(Cc1ccc(Cl)nc1)[C@@H]1CCS(=O)(=O)C1. The standard InChI is InChI=1S/C13H15ClN2O2S/c1-2-6-16(12-5-7-19(17,18)10-12)9-11-3-4-13(14)15-8-11/h1,3-4,8,12H,5-7,9-10H2/t12-/m1/s1. The first-order valence-electron chi connectivity index (χ1n) is 5.98. The van der Waals surface area contributed by atoms with Crippen molar-refractivity contribution < 1.29 is 8.42 Å². The minimum atomic E-state index is -2.90. The molecule has 0 radical (unpaired) electrons. The van der Waals surface area contributed by atoms with Crippen LogP contribution in [0.4, 0.5) is 0 Å². The maximum absolute atomic E-state index is 11.5. The summed E-state index contributed by atoms with van der Waals surface area (Å²) in [5.74, 6) is 3.03. The third-order valence-electron chi connectivity index (χ3n) is 3.19. The normalized spacial score (nSPS) is 21.4. The van der Waals surface area contributed by atoms with E-state index < -0.39 is 9.84 Å². The summed E-state index contributed by atoms with van der Waals surface area (Å²) in [6.45, 7) is 1.03. The number of hydrogen-bond acceptors (Lipinski definition) is 4. The van der Waals surface area contributed by atoms with Crippen LogP contribution in [0.5, 0.6) is 0 Å². The van der Waals surface area contributed by atoms with E-state index in [1.54, 1.807) is 12.3 Å². The highest BCUT2D eigenvalue weighted by Crippen LogP contribution is 2.19. The molecule has 6 heteroatoms. The van der Waals surface area contributed by atoms with Crippen LogP contribution in [0.25, 0.3) is 0 Å². The Labute approximate surface area is 118 Å². The van der Waals surface area contributed by atoms with Crippen molar-refractivity contribution in [3.63, 3.8) is 0 Å². The smallest absolute Gasteiger partial charge is 0.151 e. The summed E-state index contributed by atoms with van der Waals surface area (Å²) in [6.07, 6.45) is 7.70. The number of hydrogen-bond donors (Lipinski definition) is 0. The van der Waals surface area contributed by atoms with E-state index >= 15 is 0 Å². The molecule has 1 aromatic heterocycles. The van der Waals surface area contributed by atoms with Crippen LogP contribution in [0.1, 0.15) is 12.0 Å². The van der Waals surface area contributed by atoms with E-state index in [-0.39, 0.29) is 17.5 Å². The van der Waals surface area contributed by atoms with Gasteiger partial charge >= 0.3 is 0 Å². The number of aromatic nitrogens is 1. The highest BCUT2D eigenvalue weighted by atomic mass is 35.5. The van der Waals surface area contributed by atoms with Gasteiger partial charge in [-0.3, -0.25) is 4.90 Å². The molecule has 0 spiro atoms. The number of pyridine rings is 1. The van der Waals surface area contributed by atoms with E-state index in [1.165, 1.54) is 0 Å². The van der Waals surface area contributed by atoms with Crippen molar-refractivity contribution >= 4 is 21.4 Å². The fourth-order valence-corrected chi connectivity index (χ4v) is 4.10. The molecule has 0 N–H and O–H groups in total. The molecule has 102 valence electrons. The molecule has 19 heavy (non-hydrogen) atoms. The lowest BCUT2D eigenvalue weighted by Crippen LogP contribution is -2.36. The molecule has 4 nitrogen and oxygen atoms in total. The largest absolute Gasteiger partial charge is 0.284 e. The molecule has 1 aliphatic heterocycles. The summed E-state index contributed by atoms with van der Waals surface area (Å²) in [6, 6.07) is 3.59. The van der Waals surface area contributed by atoms with Crippen LogP contribution in [0.15, 0.2) is 18.3 Å². The summed E-state index contributed by atoms with van der Waals surface area (Å²) in [4.78, 5) is 6.03. The van der Waals surface area contributed by atoms with Crippen molar-refractivity contribution in [3.05, 3.63) is 29.0 Å². The van der Waals surface area contributed by atoms with Gasteiger partial charge in [0, 0.05) is 18.8 Å². The summed E-state index contributed by atoms with van der Waals surface area (Å²) in [7, 11) is -2.90. The highest BCUT2D eigenvalue weighted by molar-refractivity contribution is 7.91. The Bertz CT molecular complexity index is 578. The lowest BCUT2D eigenvalue weighted by Gasteiger charge is -2.25. The molecule has 0 saturated carbocycles. The average Bonchev–Trinajstić information content (AvgIpc) is 2.72. The van der Waals surface area contributed by atoms with Gasteiger partial charge in [0.05, 0.1) is 18.1 Å². The zero-order valence-corrected chi connectivity index (χ0v) is 12.0. The second-order valence-corrected chi connectivity index (χ2v) is 7.27. The predicted molar refractivity (Wildman–Crippen MR) is 75.5 cm³/mol. The highest BCUT2D eigenvalue weighted by Gasteiger charge is 2.31. The monoisotopic (exact) mass is 298 g/mol. The van der Waals surface area contributed by atoms with Crippen molar-refractivity contribution in [2.45, 2.75) is 19.0 Å². The maximum atomic E-state index is 11.5. The van der Waals surface area contributed by atoms with Crippen LogP contribution >= 0.6 is 11.6 Å². The van der Waals surface area contributed by atoms with Gasteiger partial charge < -0.3 is 0 Å². The van der Waals surface area contributed by atoms with Crippen LogP contribution in [0, 0.1) is 12.3 Å². The summed E-state index contributed by atoms with van der Waals surface area (Å²) >= 11 is 5.74. The number of rotatable bonds is 4. The van der Waals surface area contributed by atoms with Gasteiger partial charge in [0.15, 0.2) is 9.84 Å². The van der Waals surface area contributed by atoms with Gasteiger partial charge in [0.25, 0.3) is 0 Å². The Balaban J connectivity index is 2.09. The Kier molecular flexibility index (Phi) is 4.46. The molecule has 2 heterocycles. The molecule has 1 aliphatic rings. The van der Waals surface area contributed by atoms with Crippen LogP contribution in [-0.2, 0) is 16.4 Å². The third kappa shape index (κ3) is 3.93. The minimum Gasteiger partial charge on any atom is -0.284 e. The van der Waals surface area contributed by atoms with Crippen LogP contribution in [0.2, 0.25) is 5.15 Å². The number of sulfone groups is 1. The van der Waals surface area contributed by atoms with E-state index in [2.05, 4.69) is 10.9 Å². The van der Waals surface area contributed by atoms with E-state index in [9.17, 15) is 8.42 Å². The van der Waals surface area contributed by atoms with Gasteiger partial charge in [0.2, 0.25) is 0 Å². The molecule has 0 aromatic carbocycles. The van der Waals surface area contributed by atoms with Gasteiger partial charge in [-0.05, 0) is 18.1 Å². The van der Waals surface area contributed by atoms with E-state index in [0.717, 1.165) is 5.56 Å². The second kappa shape index (κ2) is 5.91. The maximum Gasteiger partial charge on any atom is 0.151 e. The molecule has 0 unspecified atom stereocenters. The fourth-order valence-electron chi connectivity index (χ4n) is 2.23. The fraction of sp³-hybridized carbons (Fsp3) is 0.462. The van der Waals surface area contributed by atoms with E-state index in [4.69, 9.17) is 18.0 Å². The van der Waals surface area contributed by atoms with E-state index in [0.29, 0.717) is 24.7 Å². The quantitative estimate of drug-likeness (QED) is 0.622. The first-order valence-corrected chi connectivity index (χ1v) is 8.18. The third-order valence-corrected chi connectivity index (χ3v) is 5.17. The van der Waals surface area contributed by atoms with Gasteiger partial charge in [-0.25, -0.2) is 13.4 Å². The van der Waals surface area contributed by atoms with Crippen molar-refractivity contribution in [2.24, 2.45) is 0 Å². The Morgan fingerprint density at radius 1 is 1.53 bits per heavy atom. The predicted octanol–water partition coefficient (Wildman–Crippen LogP) is 1.36. The van der Waals surface area contributed by atoms with Gasteiger partial charge in [-0.2, -0.15) is 0 Å². The van der Waals surface area contributed by atoms with E-state index in [1.807, 2.05) is 11.0 Å². The summed E-state index contributed by atoms with van der Waals surface area (Å²) < 4.78 is 23.1. The minimum absolute atomic E-state index is 0.00303. The second-order valence-electron chi connectivity index (χ2n) is 4.66. The molecular formula is C13H15ClN2O2S. The van der Waals surface area contributed by atoms with Gasteiger partial charge in [-0.1, -0.05) is 23.6 Å². The zero-order chi connectivity index (χ0) is 13.9. The lowest BCUT2D eigenvalue weighted by atomic mass is 10.2. The topological polar surface area (TPSA) is 50.3 Å². The van der Waals surface area contributed by atoms with Crippen molar-refractivity contribution in [3.8, 4) is 12.3 Å². The van der Waals surface area contributed by atoms with Crippen LogP contribution < -0.4 is 0 Å². The summed E-state index contributed by atoms with van der Waals surface area (Å²) in [5.41, 5.74) is 0.976. The Hall–Kier alpha value is -1.09. The van der Waals surface area contributed by atoms with Gasteiger partial charge in [0.1, 0.15) is 5.15 Å². The molecule has 1 saturated heterocycles. The molecule has 1 fully saturated rings. The lowest BCUT2D eigenvalue weighted by molar-refractivity contribution is 0.230. The number of nitrogens with zero attached hydrogens (tertiary/aromatic N) is 2. The van der Waals surface area contributed by atoms with Crippen molar-refractivity contribution in [2.75, 3.05) is 18.1 Å². The Morgan fingerprint density at radius 3 is 2.84 bits per heavy atom. The molecule has 0 aliphatic carbocycles. The molecule has 1 atom stereocenters. The molecular weight excluding hydrogens is 284 g/mol. The molecule has 2 rings (SSSR count). The molecule has 0 bridgehead atoms. The van der Waals surface area contributed by atoms with Gasteiger partial charge in [-0.15, -0.1) is 6.42 Å². The Morgan fingerprint density at radius 2 is 2.32 bits per heavy atom. The first-order chi connectivity index (χ1) is 9.00. The molecule has 1 aromatic rings. The average molecular weight is 299 g/mol. The van der Waals surface area contributed by atoms with Crippen LogP contribution in [-0.4, -0.2) is 42.4 Å². The number of halogens is 1. The van der Waals surface area contributed by atoms with Crippen molar-refractivity contribution in [1.82, 2.24) is 9.88 Å². The summed E-state index contributed by atoms with van der Waals surface area (Å²) in [5, 5.41) is 0.440.